The van der Waals surface area contributed by atoms with Crippen LogP contribution in [0.2, 0.25) is 0 Å². The van der Waals surface area contributed by atoms with Crippen molar-refractivity contribution >= 4 is 33.2 Å². The molecular weight excluding hydrogens is 288 g/mol. The van der Waals surface area contributed by atoms with Crippen LogP contribution in [0.25, 0.3) is 0 Å². The second kappa shape index (κ2) is 5.29. The molecule has 1 atom stereocenters. The minimum Gasteiger partial charge on any atom is -0.369 e. The highest BCUT2D eigenvalue weighted by molar-refractivity contribution is 9.10. The zero-order valence-corrected chi connectivity index (χ0v) is 12.1. The maximum Gasteiger partial charge on any atom is 0.224 e. The van der Waals surface area contributed by atoms with Gasteiger partial charge < -0.3 is 11.1 Å². The van der Waals surface area contributed by atoms with E-state index in [1.807, 2.05) is 25.3 Å². The number of hydrogen-bond donors (Lipinski definition) is 2. The summed E-state index contributed by atoms with van der Waals surface area (Å²) in [6, 6.07) is 2.24. The van der Waals surface area contributed by atoms with Crippen LogP contribution in [0.4, 0.5) is 0 Å². The lowest BCUT2D eigenvalue weighted by Crippen LogP contribution is -2.41. The van der Waals surface area contributed by atoms with E-state index in [2.05, 4.69) is 28.2 Å². The van der Waals surface area contributed by atoms with Gasteiger partial charge in [-0.2, -0.15) is 0 Å². The lowest BCUT2D eigenvalue weighted by Gasteiger charge is -2.23. The van der Waals surface area contributed by atoms with Crippen LogP contribution in [-0.4, -0.2) is 12.5 Å². The monoisotopic (exact) mass is 304 g/mol. The molecule has 3 N–H and O–H groups in total. The van der Waals surface area contributed by atoms with Crippen LogP contribution in [0.1, 0.15) is 31.7 Å². The summed E-state index contributed by atoms with van der Waals surface area (Å²) in [4.78, 5) is 12.4. The molecule has 1 aromatic heterocycles. The molecule has 3 nitrogen and oxygen atoms in total. The van der Waals surface area contributed by atoms with Crippen molar-refractivity contribution in [1.29, 1.82) is 0 Å². The fourth-order valence-electron chi connectivity index (χ4n) is 1.20. The highest BCUT2D eigenvalue weighted by atomic mass is 79.9. The quantitative estimate of drug-likeness (QED) is 0.879. The predicted octanol–water partition coefficient (Wildman–Crippen LogP) is 2.67. The van der Waals surface area contributed by atoms with Crippen LogP contribution < -0.4 is 11.1 Å². The summed E-state index contributed by atoms with van der Waals surface area (Å²) >= 11 is 5.19. The van der Waals surface area contributed by atoms with Gasteiger partial charge in [-0.15, -0.1) is 11.3 Å². The molecule has 16 heavy (non-hydrogen) atoms. The fourth-order valence-corrected chi connectivity index (χ4v) is 2.95. The maximum atomic E-state index is 11.2. The van der Waals surface area contributed by atoms with E-state index in [0.717, 1.165) is 4.47 Å². The molecule has 0 aromatic carbocycles. The molecule has 0 radical (unpaired) electrons. The Morgan fingerprint density at radius 1 is 1.69 bits per heavy atom. The molecule has 1 heterocycles. The zero-order valence-electron chi connectivity index (χ0n) is 9.71. The third kappa shape index (κ3) is 3.30. The highest BCUT2D eigenvalue weighted by Gasteiger charge is 2.25. The summed E-state index contributed by atoms with van der Waals surface area (Å²) in [5, 5.41) is 5.37. The second-order valence-corrected chi connectivity index (χ2v) is 6.29. The summed E-state index contributed by atoms with van der Waals surface area (Å²) in [6.45, 7) is 6.35. The SMILES string of the molecule is C[C@@H](NCC(C)(C)C(N)=O)c1sccc1Br. The minimum absolute atomic E-state index is 0.216. The first-order chi connectivity index (χ1) is 7.34. The number of halogens is 1. The smallest absolute Gasteiger partial charge is 0.224 e. The van der Waals surface area contributed by atoms with Crippen LogP contribution in [0.3, 0.4) is 0 Å². The van der Waals surface area contributed by atoms with Gasteiger partial charge in [-0.3, -0.25) is 4.79 Å². The Balaban J connectivity index is 2.57. The number of nitrogens with two attached hydrogens (primary N) is 1. The van der Waals surface area contributed by atoms with Gasteiger partial charge in [0, 0.05) is 21.9 Å². The van der Waals surface area contributed by atoms with Crippen molar-refractivity contribution in [2.75, 3.05) is 6.54 Å². The Hall–Kier alpha value is -0.390. The van der Waals surface area contributed by atoms with Crippen molar-refractivity contribution in [1.82, 2.24) is 5.32 Å². The van der Waals surface area contributed by atoms with Gasteiger partial charge in [-0.1, -0.05) is 0 Å². The Morgan fingerprint density at radius 3 is 2.75 bits per heavy atom. The first-order valence-corrected chi connectivity index (χ1v) is 6.78. The van der Waals surface area contributed by atoms with Gasteiger partial charge in [0.2, 0.25) is 5.91 Å². The Bertz CT molecular complexity index is 376. The van der Waals surface area contributed by atoms with Gasteiger partial charge in [0.1, 0.15) is 0 Å². The molecule has 1 aromatic rings. The van der Waals surface area contributed by atoms with Gasteiger partial charge >= 0.3 is 0 Å². The highest BCUT2D eigenvalue weighted by Crippen LogP contribution is 2.29. The Morgan fingerprint density at radius 2 is 2.31 bits per heavy atom. The molecule has 1 rings (SSSR count). The zero-order chi connectivity index (χ0) is 12.3. The van der Waals surface area contributed by atoms with Gasteiger partial charge in [0.15, 0.2) is 0 Å². The van der Waals surface area contributed by atoms with Crippen LogP contribution in [0.5, 0.6) is 0 Å². The van der Waals surface area contributed by atoms with Crippen LogP contribution in [0, 0.1) is 5.41 Å². The van der Waals surface area contributed by atoms with Crippen molar-refractivity contribution in [2.24, 2.45) is 11.1 Å². The summed E-state index contributed by atoms with van der Waals surface area (Å²) in [7, 11) is 0. The van der Waals surface area contributed by atoms with Crippen molar-refractivity contribution < 1.29 is 4.79 Å². The molecule has 0 aliphatic rings. The molecular formula is C11H17BrN2OS. The molecule has 5 heteroatoms. The summed E-state index contributed by atoms with van der Waals surface area (Å²) in [5.74, 6) is -0.280. The second-order valence-electron chi connectivity index (χ2n) is 4.48. The molecule has 0 aliphatic heterocycles. The summed E-state index contributed by atoms with van der Waals surface area (Å²) in [5.41, 5.74) is 4.80. The lowest BCUT2D eigenvalue weighted by atomic mass is 9.92. The van der Waals surface area contributed by atoms with Gasteiger partial charge in [0.05, 0.1) is 5.41 Å². The number of nitrogens with one attached hydrogen (secondary N) is 1. The third-order valence-electron chi connectivity index (χ3n) is 2.56. The molecule has 0 unspecified atom stereocenters. The van der Waals surface area contributed by atoms with Crippen molar-refractivity contribution in [2.45, 2.75) is 26.8 Å². The predicted molar refractivity (Wildman–Crippen MR) is 71.4 cm³/mol. The van der Waals surface area contributed by atoms with E-state index in [4.69, 9.17) is 5.73 Å². The first kappa shape index (κ1) is 13.7. The topological polar surface area (TPSA) is 55.1 Å². The normalized spacial score (nSPS) is 13.8. The number of primary amides is 1. The summed E-state index contributed by atoms with van der Waals surface area (Å²) < 4.78 is 1.11. The van der Waals surface area contributed by atoms with Crippen LogP contribution in [0.15, 0.2) is 15.9 Å². The number of carbonyl (C=O) groups excluding carboxylic acids is 1. The van der Waals surface area contributed by atoms with E-state index in [1.54, 1.807) is 11.3 Å². The van der Waals surface area contributed by atoms with Gasteiger partial charge in [0.25, 0.3) is 0 Å². The van der Waals surface area contributed by atoms with E-state index >= 15 is 0 Å². The molecule has 0 aliphatic carbocycles. The Labute approximate surface area is 109 Å². The lowest BCUT2D eigenvalue weighted by molar-refractivity contribution is -0.125. The number of amides is 1. The molecule has 1 amide bonds. The van der Waals surface area contributed by atoms with E-state index in [9.17, 15) is 4.79 Å². The molecule has 0 saturated heterocycles. The van der Waals surface area contributed by atoms with Crippen LogP contribution in [-0.2, 0) is 4.79 Å². The van der Waals surface area contributed by atoms with Crippen molar-refractivity contribution in [3.05, 3.63) is 20.8 Å². The maximum absolute atomic E-state index is 11.2. The van der Waals surface area contributed by atoms with Crippen LogP contribution >= 0.6 is 27.3 Å². The number of carbonyl (C=O) groups is 1. The molecule has 0 fully saturated rings. The van der Waals surface area contributed by atoms with E-state index in [-0.39, 0.29) is 11.9 Å². The molecule has 0 bridgehead atoms. The first-order valence-electron chi connectivity index (χ1n) is 5.11. The Kier molecular flexibility index (Phi) is 4.52. The number of rotatable bonds is 5. The largest absolute Gasteiger partial charge is 0.369 e. The van der Waals surface area contributed by atoms with Gasteiger partial charge in [-0.25, -0.2) is 0 Å². The average molecular weight is 305 g/mol. The standard InChI is InChI=1S/C11H17BrN2OS/c1-7(9-8(12)4-5-16-9)14-6-11(2,3)10(13)15/h4-5,7,14H,6H2,1-3H3,(H2,13,15)/t7-/m1/s1. The van der Waals surface area contributed by atoms with E-state index in [1.165, 1.54) is 4.88 Å². The summed E-state index contributed by atoms with van der Waals surface area (Å²) in [6.07, 6.45) is 0. The van der Waals surface area contributed by atoms with Crippen molar-refractivity contribution in [3.63, 3.8) is 0 Å². The van der Waals surface area contributed by atoms with Gasteiger partial charge in [-0.05, 0) is 48.1 Å². The average Bonchev–Trinajstić information content (AvgIpc) is 2.61. The van der Waals surface area contributed by atoms with E-state index in [0.29, 0.717) is 6.54 Å². The number of hydrogen-bond acceptors (Lipinski definition) is 3. The third-order valence-corrected chi connectivity index (χ3v) is 4.61. The molecule has 0 spiro atoms. The fraction of sp³-hybridized carbons (Fsp3) is 0.545. The number of thiophene rings is 1. The minimum atomic E-state index is -0.516. The van der Waals surface area contributed by atoms with Crippen molar-refractivity contribution in [3.8, 4) is 0 Å². The molecule has 90 valence electrons. The van der Waals surface area contributed by atoms with E-state index < -0.39 is 5.41 Å². The molecule has 0 saturated carbocycles.